The van der Waals surface area contributed by atoms with Crippen molar-refractivity contribution in [2.24, 2.45) is 0 Å². The van der Waals surface area contributed by atoms with Crippen molar-refractivity contribution in [3.63, 3.8) is 0 Å². The molecule has 6 nitrogen and oxygen atoms in total. The van der Waals surface area contributed by atoms with Crippen molar-refractivity contribution >= 4 is 74.6 Å². The second-order valence-corrected chi connectivity index (χ2v) is 8.67. The minimum absolute atomic E-state index is 0.184. The lowest BCUT2D eigenvalue weighted by molar-refractivity contribution is -0.122. The monoisotopic (exact) mass is 457 g/mol. The number of halogens is 1. The Kier molecular flexibility index (Phi) is 5.64. The highest BCUT2D eigenvalue weighted by atomic mass is 35.5. The van der Waals surface area contributed by atoms with E-state index in [0.717, 1.165) is 11.8 Å². The number of nitrogens with one attached hydrogen (secondary N) is 1. The zero-order valence-electron chi connectivity index (χ0n) is 15.8. The SMILES string of the molecule is CCN1C(=O)/C(=C2\C(=O)N(CC(=O)Nc3ccc(Cl)cc3)c3ccccc32)SC1=S. The summed E-state index contributed by atoms with van der Waals surface area (Å²) < 4.78 is 0.425. The molecule has 0 atom stereocenters. The molecule has 0 saturated carbocycles. The summed E-state index contributed by atoms with van der Waals surface area (Å²) >= 11 is 12.3. The predicted octanol–water partition coefficient (Wildman–Crippen LogP) is 3.92. The van der Waals surface area contributed by atoms with Crippen LogP contribution in [0.25, 0.3) is 5.57 Å². The van der Waals surface area contributed by atoms with Crippen LogP contribution < -0.4 is 10.2 Å². The molecule has 2 aromatic rings. The molecule has 3 amide bonds. The third-order valence-electron chi connectivity index (χ3n) is 4.75. The van der Waals surface area contributed by atoms with Crippen molar-refractivity contribution in [2.45, 2.75) is 6.92 Å². The van der Waals surface area contributed by atoms with E-state index < -0.39 is 0 Å². The van der Waals surface area contributed by atoms with Gasteiger partial charge >= 0.3 is 0 Å². The molecular formula is C21H16ClN3O3S2. The van der Waals surface area contributed by atoms with Gasteiger partial charge in [0.05, 0.1) is 16.2 Å². The average molecular weight is 458 g/mol. The first kappa shape index (κ1) is 20.6. The third-order valence-corrected chi connectivity index (χ3v) is 6.45. The Morgan fingerprint density at radius 2 is 1.77 bits per heavy atom. The first-order valence-corrected chi connectivity index (χ1v) is 10.8. The van der Waals surface area contributed by atoms with E-state index in [1.54, 1.807) is 48.5 Å². The van der Waals surface area contributed by atoms with Gasteiger partial charge in [0.25, 0.3) is 11.8 Å². The van der Waals surface area contributed by atoms with Crippen LogP contribution in [0.3, 0.4) is 0 Å². The molecule has 152 valence electrons. The summed E-state index contributed by atoms with van der Waals surface area (Å²) in [6.07, 6.45) is 0. The second kappa shape index (κ2) is 8.22. The Hall–Kier alpha value is -2.68. The van der Waals surface area contributed by atoms with Gasteiger partial charge in [0.15, 0.2) is 0 Å². The van der Waals surface area contributed by atoms with Crippen molar-refractivity contribution in [1.29, 1.82) is 0 Å². The van der Waals surface area contributed by atoms with Crippen LogP contribution in [0.1, 0.15) is 12.5 Å². The number of thioether (sulfide) groups is 1. The van der Waals surface area contributed by atoms with Gasteiger partial charge in [0.2, 0.25) is 5.91 Å². The van der Waals surface area contributed by atoms with Crippen LogP contribution in [0, 0.1) is 0 Å². The fraction of sp³-hybridized carbons (Fsp3) is 0.143. The van der Waals surface area contributed by atoms with Gasteiger partial charge in [0, 0.05) is 22.8 Å². The number of para-hydroxylation sites is 1. The van der Waals surface area contributed by atoms with Crippen molar-refractivity contribution in [1.82, 2.24) is 4.90 Å². The van der Waals surface area contributed by atoms with Gasteiger partial charge < -0.3 is 5.32 Å². The largest absolute Gasteiger partial charge is 0.325 e. The highest BCUT2D eigenvalue weighted by Crippen LogP contribution is 2.44. The lowest BCUT2D eigenvalue weighted by Crippen LogP contribution is -2.35. The number of amides is 3. The number of hydrogen-bond donors (Lipinski definition) is 1. The molecule has 0 aliphatic carbocycles. The van der Waals surface area contributed by atoms with Crippen LogP contribution in [0.5, 0.6) is 0 Å². The Labute approximate surface area is 187 Å². The van der Waals surface area contributed by atoms with Gasteiger partial charge in [-0.15, -0.1) is 0 Å². The van der Waals surface area contributed by atoms with Crippen molar-refractivity contribution in [3.8, 4) is 0 Å². The maximum atomic E-state index is 13.3. The van der Waals surface area contributed by atoms with Crippen LogP contribution in [-0.2, 0) is 14.4 Å². The molecule has 0 spiro atoms. The van der Waals surface area contributed by atoms with E-state index >= 15 is 0 Å². The van der Waals surface area contributed by atoms with Gasteiger partial charge in [-0.05, 0) is 37.3 Å². The minimum Gasteiger partial charge on any atom is -0.325 e. The first-order chi connectivity index (χ1) is 14.4. The normalized spacial score (nSPS) is 18.3. The highest BCUT2D eigenvalue weighted by Gasteiger charge is 2.41. The molecule has 0 radical (unpaired) electrons. The third kappa shape index (κ3) is 3.62. The van der Waals surface area contributed by atoms with E-state index in [4.69, 9.17) is 23.8 Å². The molecule has 0 bridgehead atoms. The number of likely N-dealkylation sites (N-methyl/N-ethyl adjacent to an activating group) is 1. The van der Waals surface area contributed by atoms with Crippen LogP contribution in [0.4, 0.5) is 11.4 Å². The Balaban J connectivity index is 1.65. The molecule has 2 aliphatic heterocycles. The predicted molar refractivity (Wildman–Crippen MR) is 123 cm³/mol. The number of anilines is 2. The van der Waals surface area contributed by atoms with Gasteiger partial charge in [0.1, 0.15) is 10.9 Å². The molecule has 2 heterocycles. The number of carbonyl (C=O) groups is 3. The number of benzene rings is 2. The lowest BCUT2D eigenvalue weighted by atomic mass is 10.1. The van der Waals surface area contributed by atoms with Crippen molar-refractivity contribution in [2.75, 3.05) is 23.3 Å². The summed E-state index contributed by atoms with van der Waals surface area (Å²) in [5.74, 6) is -1.03. The standard InChI is InChI=1S/C21H16ClN3O3S2/c1-2-24-20(28)18(30-21(24)29)17-14-5-3-4-6-15(14)25(19(17)27)11-16(26)23-13-9-7-12(22)8-10-13/h3-10H,2,11H2,1H3,(H,23,26)/b18-17+. The number of rotatable bonds is 4. The molecular weight excluding hydrogens is 442 g/mol. The van der Waals surface area contributed by atoms with E-state index in [9.17, 15) is 14.4 Å². The van der Waals surface area contributed by atoms with Crippen LogP contribution in [0.2, 0.25) is 5.02 Å². The molecule has 9 heteroatoms. The Morgan fingerprint density at radius 3 is 2.43 bits per heavy atom. The number of carbonyl (C=O) groups excluding carboxylic acids is 3. The van der Waals surface area contributed by atoms with Gasteiger partial charge in [-0.2, -0.15) is 0 Å². The number of thiocarbonyl (C=S) groups is 1. The second-order valence-electron chi connectivity index (χ2n) is 6.59. The summed E-state index contributed by atoms with van der Waals surface area (Å²) in [5, 5.41) is 3.32. The van der Waals surface area contributed by atoms with E-state index in [1.807, 2.05) is 6.92 Å². The topological polar surface area (TPSA) is 69.7 Å². The molecule has 30 heavy (non-hydrogen) atoms. The molecule has 4 rings (SSSR count). The smallest absolute Gasteiger partial charge is 0.266 e. The van der Waals surface area contributed by atoms with Crippen molar-refractivity contribution in [3.05, 3.63) is 64.0 Å². The molecule has 0 aromatic heterocycles. The van der Waals surface area contributed by atoms with E-state index in [0.29, 0.717) is 37.7 Å². The van der Waals surface area contributed by atoms with E-state index in [1.165, 1.54) is 9.80 Å². The van der Waals surface area contributed by atoms with E-state index in [-0.39, 0.29) is 29.8 Å². The fourth-order valence-electron chi connectivity index (χ4n) is 3.36. The van der Waals surface area contributed by atoms with Crippen LogP contribution in [0.15, 0.2) is 53.4 Å². The highest BCUT2D eigenvalue weighted by molar-refractivity contribution is 8.26. The first-order valence-electron chi connectivity index (χ1n) is 9.15. The lowest BCUT2D eigenvalue weighted by Gasteiger charge is -2.16. The molecule has 0 unspecified atom stereocenters. The summed E-state index contributed by atoms with van der Waals surface area (Å²) in [6, 6.07) is 13.8. The zero-order chi connectivity index (χ0) is 21.4. The van der Waals surface area contributed by atoms with Gasteiger partial charge in [-0.25, -0.2) is 0 Å². The Morgan fingerprint density at radius 1 is 1.07 bits per heavy atom. The summed E-state index contributed by atoms with van der Waals surface area (Å²) in [6.45, 7) is 2.08. The Bertz CT molecular complexity index is 1110. The zero-order valence-corrected chi connectivity index (χ0v) is 18.2. The molecule has 1 fully saturated rings. The summed E-state index contributed by atoms with van der Waals surface area (Å²) in [5.41, 5.74) is 2.08. The maximum absolute atomic E-state index is 13.3. The number of fused-ring (bicyclic) bond motifs is 1. The fourth-order valence-corrected chi connectivity index (χ4v) is 4.94. The average Bonchev–Trinajstić information content (AvgIpc) is 3.16. The van der Waals surface area contributed by atoms with Crippen molar-refractivity contribution < 1.29 is 14.4 Å². The molecule has 2 aliphatic rings. The molecule has 1 N–H and O–H groups in total. The molecule has 2 aromatic carbocycles. The van der Waals surface area contributed by atoms with Crippen LogP contribution >= 0.6 is 35.6 Å². The maximum Gasteiger partial charge on any atom is 0.266 e. The van der Waals surface area contributed by atoms with Gasteiger partial charge in [-0.3, -0.25) is 24.2 Å². The minimum atomic E-state index is -0.390. The van der Waals surface area contributed by atoms with Crippen LogP contribution in [-0.4, -0.2) is 40.0 Å². The van der Waals surface area contributed by atoms with E-state index in [2.05, 4.69) is 5.32 Å². The summed E-state index contributed by atoms with van der Waals surface area (Å²) in [7, 11) is 0. The number of hydrogen-bond acceptors (Lipinski definition) is 5. The number of nitrogens with zero attached hydrogens (tertiary/aromatic N) is 2. The molecule has 1 saturated heterocycles. The summed E-state index contributed by atoms with van der Waals surface area (Å²) in [4.78, 5) is 41.8. The quantitative estimate of drug-likeness (QED) is 0.556. The van der Waals surface area contributed by atoms with Gasteiger partial charge in [-0.1, -0.05) is 53.8 Å².